The lowest BCUT2D eigenvalue weighted by atomic mass is 10.2. The zero-order valence-electron chi connectivity index (χ0n) is 7.51. The molecule has 11 heavy (non-hydrogen) atoms. The van der Waals surface area contributed by atoms with Crippen molar-refractivity contribution in [1.29, 1.82) is 0 Å². The van der Waals surface area contributed by atoms with Gasteiger partial charge in [0.25, 0.3) is 0 Å². The molecule has 2 atom stereocenters. The van der Waals surface area contributed by atoms with Gasteiger partial charge in [0.15, 0.2) is 9.04 Å². The van der Waals surface area contributed by atoms with Crippen LogP contribution in [-0.4, -0.2) is 33.5 Å². The highest BCUT2D eigenvalue weighted by molar-refractivity contribution is 6.48. The summed E-state index contributed by atoms with van der Waals surface area (Å²) in [5, 5.41) is 3.23. The zero-order valence-corrected chi connectivity index (χ0v) is 8.66. The van der Waals surface area contributed by atoms with Crippen molar-refractivity contribution >= 4 is 9.04 Å². The fourth-order valence-electron chi connectivity index (χ4n) is 1.12. The number of hydrogen-bond donors (Lipinski definition) is 3. The van der Waals surface area contributed by atoms with Crippen LogP contribution in [0.5, 0.6) is 0 Å². The van der Waals surface area contributed by atoms with E-state index in [1.807, 2.05) is 6.55 Å². The number of rotatable bonds is 6. The summed E-state index contributed by atoms with van der Waals surface area (Å²) < 4.78 is 0. The first kappa shape index (κ1) is 11.1. The topological polar surface area (TPSA) is 58.3 Å². The summed E-state index contributed by atoms with van der Waals surface area (Å²) in [5.41, 5.74) is 5.31. The number of nitrogens with two attached hydrogens (primary N) is 1. The van der Waals surface area contributed by atoms with Crippen molar-refractivity contribution in [1.82, 2.24) is 5.32 Å². The molecule has 68 valence electrons. The molecule has 0 aromatic carbocycles. The molecule has 2 unspecified atom stereocenters. The van der Waals surface area contributed by atoms with Crippen molar-refractivity contribution in [2.45, 2.75) is 19.5 Å². The summed E-state index contributed by atoms with van der Waals surface area (Å²) in [6.07, 6.45) is 0. The summed E-state index contributed by atoms with van der Waals surface area (Å²) in [6, 6.07) is 0.998. The van der Waals surface area contributed by atoms with Crippen molar-refractivity contribution in [3.63, 3.8) is 0 Å². The van der Waals surface area contributed by atoms with Crippen molar-refractivity contribution in [2.24, 2.45) is 11.7 Å². The minimum Gasteiger partial charge on any atom is -0.435 e. The predicted molar refractivity (Wildman–Crippen MR) is 51.1 cm³/mol. The maximum Gasteiger partial charge on any atom is 0.169 e. The third-order valence-corrected chi connectivity index (χ3v) is 3.04. The molecule has 0 aliphatic heterocycles. The molecule has 0 aromatic rings. The molecule has 0 amide bonds. The normalized spacial score (nSPS) is 16.4. The van der Waals surface area contributed by atoms with E-state index in [0.29, 0.717) is 12.5 Å². The molecule has 4 heteroatoms. The van der Waals surface area contributed by atoms with Gasteiger partial charge in [-0.1, -0.05) is 6.92 Å². The molecule has 3 nitrogen and oxygen atoms in total. The molecule has 0 saturated heterocycles. The summed E-state index contributed by atoms with van der Waals surface area (Å²) in [7, 11) is -1.35. The number of nitrogens with one attached hydrogen (secondary N) is 1. The lowest BCUT2D eigenvalue weighted by Crippen LogP contribution is -2.28. The molecule has 0 aliphatic rings. The van der Waals surface area contributed by atoms with E-state index in [9.17, 15) is 0 Å². The summed E-state index contributed by atoms with van der Waals surface area (Å²) in [6.45, 7) is 6.67. The van der Waals surface area contributed by atoms with Gasteiger partial charge in [-0.3, -0.25) is 0 Å². The van der Waals surface area contributed by atoms with Crippen molar-refractivity contribution in [3.05, 3.63) is 0 Å². The Morgan fingerprint density at radius 1 is 1.64 bits per heavy atom. The summed E-state index contributed by atoms with van der Waals surface area (Å²) >= 11 is 0. The van der Waals surface area contributed by atoms with Crippen LogP contribution < -0.4 is 11.1 Å². The van der Waals surface area contributed by atoms with Crippen LogP contribution in [0.15, 0.2) is 0 Å². The van der Waals surface area contributed by atoms with Crippen LogP contribution in [-0.2, 0) is 0 Å². The van der Waals surface area contributed by atoms with Gasteiger partial charge in [-0.25, -0.2) is 0 Å². The fourth-order valence-corrected chi connectivity index (χ4v) is 2.45. The third-order valence-electron chi connectivity index (χ3n) is 1.56. The Bertz CT molecular complexity index is 90.5. The van der Waals surface area contributed by atoms with Gasteiger partial charge in [-0.05, 0) is 25.1 Å². The molecule has 0 spiro atoms. The molecule has 0 aliphatic carbocycles. The van der Waals surface area contributed by atoms with Crippen LogP contribution in [0.25, 0.3) is 0 Å². The lowest BCUT2D eigenvalue weighted by Gasteiger charge is -2.12. The quantitative estimate of drug-likeness (QED) is 0.378. The third kappa shape index (κ3) is 8.00. The first-order chi connectivity index (χ1) is 5.16. The Kier molecular flexibility index (Phi) is 6.85. The molecule has 0 heterocycles. The molecule has 0 rings (SSSR count). The molecule has 0 fully saturated rings. The fraction of sp³-hybridized carbons (Fsp3) is 1.00. The second-order valence-electron chi connectivity index (χ2n) is 3.18. The van der Waals surface area contributed by atoms with Gasteiger partial charge in [0.05, 0.1) is 0 Å². The van der Waals surface area contributed by atoms with E-state index in [1.54, 1.807) is 0 Å². The summed E-state index contributed by atoms with van der Waals surface area (Å²) in [5.74, 6) is 0.591. The molecule has 0 radical (unpaired) electrons. The minimum absolute atomic E-state index is 0.591. The Hall–Kier alpha value is 0.0969. The predicted octanol–water partition coefficient (Wildman–Crippen LogP) is -0.483. The Morgan fingerprint density at radius 2 is 2.27 bits per heavy atom. The molecule has 0 bridgehead atoms. The van der Waals surface area contributed by atoms with Gasteiger partial charge in [0.1, 0.15) is 0 Å². The van der Waals surface area contributed by atoms with Gasteiger partial charge < -0.3 is 15.8 Å². The Labute approximate surface area is 70.7 Å². The van der Waals surface area contributed by atoms with Crippen molar-refractivity contribution < 1.29 is 4.80 Å². The molecule has 4 N–H and O–H groups in total. The smallest absolute Gasteiger partial charge is 0.169 e. The van der Waals surface area contributed by atoms with Crippen LogP contribution in [0, 0.1) is 5.92 Å². The first-order valence-corrected chi connectivity index (χ1v) is 6.74. The second kappa shape index (κ2) is 6.79. The maximum atomic E-state index is 9.17. The van der Waals surface area contributed by atoms with Crippen molar-refractivity contribution in [2.75, 3.05) is 19.6 Å². The highest BCUT2D eigenvalue weighted by atomic mass is 28.3. The van der Waals surface area contributed by atoms with Crippen LogP contribution in [0.1, 0.15) is 6.92 Å². The van der Waals surface area contributed by atoms with E-state index in [2.05, 4.69) is 12.2 Å². The van der Waals surface area contributed by atoms with Crippen LogP contribution >= 0.6 is 0 Å². The van der Waals surface area contributed by atoms with E-state index in [1.165, 1.54) is 0 Å². The van der Waals surface area contributed by atoms with Gasteiger partial charge in [0, 0.05) is 13.1 Å². The van der Waals surface area contributed by atoms with Gasteiger partial charge in [-0.2, -0.15) is 0 Å². The largest absolute Gasteiger partial charge is 0.435 e. The van der Waals surface area contributed by atoms with E-state index < -0.39 is 9.04 Å². The zero-order chi connectivity index (χ0) is 8.69. The highest BCUT2D eigenvalue weighted by Gasteiger charge is 2.06. The van der Waals surface area contributed by atoms with E-state index in [4.69, 9.17) is 10.5 Å². The first-order valence-electron chi connectivity index (χ1n) is 4.25. The standard InChI is InChI=1S/C7H20N2OSi/c1-7(6-11(2)10)5-9-4-3-8/h7,9-11H,3-6,8H2,1-2H3. The maximum absolute atomic E-state index is 9.17. The molecular formula is C7H20N2OSi. The average Bonchev–Trinajstić information content (AvgIpc) is 1.86. The highest BCUT2D eigenvalue weighted by Crippen LogP contribution is 2.02. The average molecular weight is 176 g/mol. The molecule has 0 saturated carbocycles. The van der Waals surface area contributed by atoms with Crippen LogP contribution in [0.2, 0.25) is 12.6 Å². The second-order valence-corrected chi connectivity index (χ2v) is 5.35. The SMILES string of the molecule is CC(CNCCN)C[SiH](C)O. The van der Waals surface area contributed by atoms with Gasteiger partial charge in [-0.15, -0.1) is 0 Å². The van der Waals surface area contributed by atoms with Crippen LogP contribution in [0.4, 0.5) is 0 Å². The monoisotopic (exact) mass is 176 g/mol. The summed E-state index contributed by atoms with van der Waals surface area (Å²) in [4.78, 5) is 9.17. The van der Waals surface area contributed by atoms with Crippen molar-refractivity contribution in [3.8, 4) is 0 Å². The van der Waals surface area contributed by atoms with Gasteiger partial charge in [0.2, 0.25) is 0 Å². The molecular weight excluding hydrogens is 156 g/mol. The van der Waals surface area contributed by atoms with Crippen LogP contribution in [0.3, 0.4) is 0 Å². The Balaban J connectivity index is 3.15. The number of hydrogen-bond acceptors (Lipinski definition) is 3. The van der Waals surface area contributed by atoms with E-state index in [0.717, 1.165) is 19.1 Å². The lowest BCUT2D eigenvalue weighted by molar-refractivity contribution is 0.512. The minimum atomic E-state index is -1.35. The van der Waals surface area contributed by atoms with E-state index in [-0.39, 0.29) is 0 Å². The van der Waals surface area contributed by atoms with Gasteiger partial charge >= 0.3 is 0 Å². The molecule has 0 aromatic heterocycles. The van der Waals surface area contributed by atoms with E-state index >= 15 is 0 Å². The Morgan fingerprint density at radius 3 is 2.73 bits per heavy atom.